The van der Waals surface area contributed by atoms with Gasteiger partial charge in [-0.1, -0.05) is 36.4 Å². The zero-order valence-corrected chi connectivity index (χ0v) is 13.5. The van der Waals surface area contributed by atoms with Gasteiger partial charge in [0.1, 0.15) is 0 Å². The largest absolute Gasteiger partial charge is 0.478 e. The van der Waals surface area contributed by atoms with Crippen LogP contribution in [0, 0.1) is 0 Å². The number of carbonyl (C=O) groups is 2. The molecule has 0 aliphatic carbocycles. The highest BCUT2D eigenvalue weighted by Gasteiger charge is 2.22. The molecule has 1 amide bonds. The Balaban J connectivity index is 1.71. The van der Waals surface area contributed by atoms with Crippen molar-refractivity contribution >= 4 is 11.9 Å². The third-order valence-corrected chi connectivity index (χ3v) is 4.64. The van der Waals surface area contributed by atoms with E-state index in [2.05, 4.69) is 24.3 Å². The molecule has 0 aromatic heterocycles. The number of nitrogens with zero attached hydrogens (tertiary/aromatic N) is 1. The van der Waals surface area contributed by atoms with E-state index in [1.165, 1.54) is 17.7 Å². The molecule has 0 radical (unpaired) electrons. The summed E-state index contributed by atoms with van der Waals surface area (Å²) in [5.74, 6) is -0.606. The average molecular weight is 323 g/mol. The summed E-state index contributed by atoms with van der Waals surface area (Å²) in [4.78, 5) is 25.6. The summed E-state index contributed by atoms with van der Waals surface area (Å²) < 4.78 is 0. The summed E-state index contributed by atoms with van der Waals surface area (Å²) in [5.41, 5.74) is 1.94. The Kier molecular flexibility index (Phi) is 4.94. The van der Waals surface area contributed by atoms with Gasteiger partial charge < -0.3 is 10.0 Å². The Morgan fingerprint density at radius 1 is 0.917 bits per heavy atom. The van der Waals surface area contributed by atoms with Gasteiger partial charge in [-0.3, -0.25) is 4.79 Å². The summed E-state index contributed by atoms with van der Waals surface area (Å²) in [7, 11) is 0. The van der Waals surface area contributed by atoms with E-state index in [1.807, 2.05) is 11.0 Å². The highest BCUT2D eigenvalue weighted by molar-refractivity contribution is 5.97. The van der Waals surface area contributed by atoms with Crippen molar-refractivity contribution in [3.05, 3.63) is 71.3 Å². The summed E-state index contributed by atoms with van der Waals surface area (Å²) in [6, 6.07) is 16.7. The first-order chi connectivity index (χ1) is 11.6. The van der Waals surface area contributed by atoms with E-state index in [0.717, 1.165) is 25.8 Å². The fraction of sp³-hybridized carbons (Fsp3) is 0.300. The molecule has 1 N–H and O–H groups in total. The van der Waals surface area contributed by atoms with E-state index in [-0.39, 0.29) is 11.5 Å². The molecule has 1 aliphatic heterocycles. The number of hydrogen-bond acceptors (Lipinski definition) is 2. The Bertz CT molecular complexity index is 727. The highest BCUT2D eigenvalue weighted by atomic mass is 16.4. The first kappa shape index (κ1) is 16.2. The first-order valence-electron chi connectivity index (χ1n) is 8.33. The maximum Gasteiger partial charge on any atom is 0.335 e. The van der Waals surface area contributed by atoms with Gasteiger partial charge in [0.15, 0.2) is 0 Å². The Morgan fingerprint density at radius 3 is 2.42 bits per heavy atom. The molecule has 24 heavy (non-hydrogen) atoms. The number of amides is 1. The normalized spacial score (nSPS) is 18.0. The number of hydrogen-bond donors (Lipinski definition) is 1. The highest BCUT2D eigenvalue weighted by Crippen LogP contribution is 2.28. The predicted molar refractivity (Wildman–Crippen MR) is 92.3 cm³/mol. The van der Waals surface area contributed by atoms with Gasteiger partial charge in [0.05, 0.1) is 5.56 Å². The summed E-state index contributed by atoms with van der Waals surface area (Å²) in [6.07, 6.45) is 2.97. The van der Waals surface area contributed by atoms with Crippen molar-refractivity contribution < 1.29 is 14.7 Å². The van der Waals surface area contributed by atoms with Crippen LogP contribution in [0.4, 0.5) is 0 Å². The van der Waals surface area contributed by atoms with Crippen LogP contribution in [0.2, 0.25) is 0 Å². The molecule has 4 nitrogen and oxygen atoms in total. The van der Waals surface area contributed by atoms with Gasteiger partial charge in [0.2, 0.25) is 0 Å². The summed E-state index contributed by atoms with van der Waals surface area (Å²) >= 11 is 0. The molecular weight excluding hydrogens is 302 g/mol. The van der Waals surface area contributed by atoms with E-state index >= 15 is 0 Å². The molecule has 0 spiro atoms. The number of carbonyl (C=O) groups excluding carboxylic acids is 1. The lowest BCUT2D eigenvalue weighted by Gasteiger charge is -2.21. The van der Waals surface area contributed by atoms with Crippen LogP contribution >= 0.6 is 0 Å². The molecule has 2 aromatic rings. The van der Waals surface area contributed by atoms with Crippen LogP contribution in [0.25, 0.3) is 0 Å². The lowest BCUT2D eigenvalue weighted by Crippen LogP contribution is -2.32. The minimum absolute atomic E-state index is 0.0770. The van der Waals surface area contributed by atoms with E-state index < -0.39 is 5.97 Å². The van der Waals surface area contributed by atoms with Crippen LogP contribution in [0.3, 0.4) is 0 Å². The van der Waals surface area contributed by atoms with Crippen LogP contribution in [-0.2, 0) is 0 Å². The van der Waals surface area contributed by atoms with Crippen molar-refractivity contribution in [1.82, 2.24) is 4.90 Å². The van der Waals surface area contributed by atoms with Gasteiger partial charge in [0.25, 0.3) is 5.91 Å². The fourth-order valence-electron chi connectivity index (χ4n) is 3.33. The van der Waals surface area contributed by atoms with Crippen molar-refractivity contribution in [3.63, 3.8) is 0 Å². The first-order valence-corrected chi connectivity index (χ1v) is 8.33. The van der Waals surface area contributed by atoms with Crippen molar-refractivity contribution in [2.45, 2.75) is 25.2 Å². The minimum Gasteiger partial charge on any atom is -0.478 e. The van der Waals surface area contributed by atoms with E-state index in [1.54, 1.807) is 12.1 Å². The quantitative estimate of drug-likeness (QED) is 0.935. The second-order valence-electron chi connectivity index (χ2n) is 6.22. The molecule has 0 bridgehead atoms. The van der Waals surface area contributed by atoms with Gasteiger partial charge in [-0.15, -0.1) is 0 Å². The Morgan fingerprint density at radius 2 is 1.67 bits per heavy atom. The summed E-state index contributed by atoms with van der Waals surface area (Å²) in [5, 5.41) is 9.08. The molecule has 0 saturated carbocycles. The predicted octanol–water partition coefficient (Wildman–Crippen LogP) is 3.79. The number of carboxylic acid groups (broad SMARTS) is 1. The molecule has 1 saturated heterocycles. The Labute approximate surface area is 141 Å². The number of likely N-dealkylation sites (tertiary alicyclic amines) is 1. The van der Waals surface area contributed by atoms with Crippen molar-refractivity contribution in [2.24, 2.45) is 0 Å². The summed E-state index contributed by atoms with van der Waals surface area (Å²) in [6.45, 7) is 1.43. The van der Waals surface area contributed by atoms with E-state index in [4.69, 9.17) is 5.11 Å². The van der Waals surface area contributed by atoms with Gasteiger partial charge in [-0.05, 0) is 48.9 Å². The van der Waals surface area contributed by atoms with E-state index in [9.17, 15) is 9.59 Å². The van der Waals surface area contributed by atoms with Crippen LogP contribution in [0.1, 0.15) is 51.5 Å². The van der Waals surface area contributed by atoms with Crippen LogP contribution in [-0.4, -0.2) is 35.0 Å². The van der Waals surface area contributed by atoms with Gasteiger partial charge in [-0.25, -0.2) is 4.79 Å². The van der Waals surface area contributed by atoms with Gasteiger partial charge in [0, 0.05) is 18.7 Å². The maximum absolute atomic E-state index is 12.7. The number of carboxylic acids is 1. The molecule has 3 rings (SSSR count). The number of benzene rings is 2. The fourth-order valence-corrected chi connectivity index (χ4v) is 3.33. The molecule has 4 heteroatoms. The zero-order valence-electron chi connectivity index (χ0n) is 13.5. The molecule has 2 aromatic carbocycles. The molecule has 1 unspecified atom stereocenters. The van der Waals surface area contributed by atoms with Crippen LogP contribution in [0.15, 0.2) is 54.6 Å². The van der Waals surface area contributed by atoms with Crippen LogP contribution in [0.5, 0.6) is 0 Å². The second kappa shape index (κ2) is 7.30. The third kappa shape index (κ3) is 3.65. The van der Waals surface area contributed by atoms with Crippen molar-refractivity contribution in [2.75, 3.05) is 13.1 Å². The third-order valence-electron chi connectivity index (χ3n) is 4.64. The second-order valence-corrected chi connectivity index (χ2v) is 6.22. The van der Waals surface area contributed by atoms with E-state index in [0.29, 0.717) is 18.0 Å². The molecule has 124 valence electrons. The molecule has 1 aliphatic rings. The zero-order chi connectivity index (χ0) is 16.9. The smallest absolute Gasteiger partial charge is 0.335 e. The Hall–Kier alpha value is -2.62. The average Bonchev–Trinajstić information content (AvgIpc) is 2.88. The SMILES string of the molecule is O=C(O)c1cccc(C(=O)N2CCCC(c3ccccc3)CC2)c1. The maximum atomic E-state index is 12.7. The monoisotopic (exact) mass is 323 g/mol. The van der Waals surface area contributed by atoms with Gasteiger partial charge >= 0.3 is 5.97 Å². The lowest BCUT2D eigenvalue weighted by molar-refractivity contribution is 0.0697. The topological polar surface area (TPSA) is 57.6 Å². The molecular formula is C20H21NO3. The van der Waals surface area contributed by atoms with Crippen LogP contribution < -0.4 is 0 Å². The lowest BCUT2D eigenvalue weighted by atomic mass is 9.92. The minimum atomic E-state index is -1.01. The molecule has 1 fully saturated rings. The van der Waals surface area contributed by atoms with Gasteiger partial charge in [-0.2, -0.15) is 0 Å². The number of rotatable bonds is 3. The van der Waals surface area contributed by atoms with Crippen molar-refractivity contribution in [3.8, 4) is 0 Å². The standard InChI is InChI=1S/C20H21NO3/c22-19(17-8-4-9-18(14-17)20(23)24)21-12-5-10-16(11-13-21)15-6-2-1-3-7-15/h1-4,6-9,14,16H,5,10-13H2,(H,23,24). The van der Waals surface area contributed by atoms with Crippen molar-refractivity contribution in [1.29, 1.82) is 0 Å². The molecule has 1 heterocycles. The number of aromatic carboxylic acids is 1. The molecule has 1 atom stereocenters.